The average Bonchev–Trinajstić information content (AvgIpc) is 2.52. The summed E-state index contributed by atoms with van der Waals surface area (Å²) in [7, 11) is 1.65. The number of aryl methyl sites for hydroxylation is 2. The van der Waals surface area contributed by atoms with Gasteiger partial charge in [-0.25, -0.2) is 0 Å². The van der Waals surface area contributed by atoms with Crippen molar-refractivity contribution in [1.82, 2.24) is 5.32 Å². The Balaban J connectivity index is 1.74. The first-order chi connectivity index (χ1) is 11.1. The van der Waals surface area contributed by atoms with Crippen LogP contribution in [0.25, 0.3) is 0 Å². The Kier molecular flexibility index (Phi) is 6.03. The first-order valence-corrected chi connectivity index (χ1v) is 7.78. The Morgan fingerprint density at radius 1 is 1.09 bits per heavy atom. The minimum absolute atomic E-state index is 0.00736. The molecule has 0 atom stereocenters. The lowest BCUT2D eigenvalue weighted by Gasteiger charge is -2.10. The fraction of sp³-hybridized carbons (Fsp3) is 0.316. The van der Waals surface area contributed by atoms with Gasteiger partial charge in [-0.05, 0) is 61.2 Å². The van der Waals surface area contributed by atoms with Crippen LogP contribution in [0, 0.1) is 13.8 Å². The highest BCUT2D eigenvalue weighted by atomic mass is 16.5. The molecule has 0 heterocycles. The second-order valence-electron chi connectivity index (χ2n) is 5.68. The van der Waals surface area contributed by atoms with E-state index in [4.69, 9.17) is 4.74 Å². The van der Waals surface area contributed by atoms with E-state index in [-0.39, 0.29) is 12.5 Å². The van der Waals surface area contributed by atoms with Crippen LogP contribution in [-0.4, -0.2) is 26.1 Å². The van der Waals surface area contributed by atoms with Gasteiger partial charge >= 0.3 is 0 Å². The third-order valence-electron chi connectivity index (χ3n) is 3.54. The fourth-order valence-electron chi connectivity index (χ4n) is 2.50. The Morgan fingerprint density at radius 3 is 2.52 bits per heavy atom. The molecule has 2 aromatic rings. The third kappa shape index (κ3) is 5.66. The van der Waals surface area contributed by atoms with E-state index in [1.165, 1.54) is 11.1 Å². The molecule has 1 amide bonds. The molecule has 0 spiro atoms. The van der Waals surface area contributed by atoms with Crippen molar-refractivity contribution in [2.45, 2.75) is 20.3 Å². The van der Waals surface area contributed by atoms with Crippen LogP contribution in [0.4, 0.5) is 5.69 Å². The molecule has 0 radical (unpaired) electrons. The van der Waals surface area contributed by atoms with E-state index in [1.807, 2.05) is 50.2 Å². The predicted octanol–water partition coefficient (Wildman–Crippen LogP) is 3.08. The lowest BCUT2D eigenvalue weighted by atomic mass is 10.1. The molecule has 0 aliphatic heterocycles. The zero-order valence-corrected chi connectivity index (χ0v) is 14.0. The Labute approximate surface area is 137 Å². The summed E-state index contributed by atoms with van der Waals surface area (Å²) in [4.78, 5) is 11.9. The molecule has 0 aliphatic carbocycles. The van der Waals surface area contributed by atoms with Crippen LogP contribution in [0.2, 0.25) is 0 Å². The molecule has 2 aromatic carbocycles. The number of nitrogens with one attached hydrogen (secondary N) is 2. The number of methoxy groups -OCH3 is 1. The number of hydrogen-bond donors (Lipinski definition) is 2. The van der Waals surface area contributed by atoms with Gasteiger partial charge in [-0.15, -0.1) is 0 Å². The lowest BCUT2D eigenvalue weighted by molar-refractivity contribution is -0.119. The van der Waals surface area contributed by atoms with Crippen molar-refractivity contribution >= 4 is 11.6 Å². The molecule has 2 rings (SSSR count). The Hall–Kier alpha value is -2.49. The number of anilines is 1. The van der Waals surface area contributed by atoms with Gasteiger partial charge < -0.3 is 15.4 Å². The number of benzene rings is 2. The molecule has 0 saturated heterocycles. The van der Waals surface area contributed by atoms with Gasteiger partial charge in [-0.1, -0.05) is 18.2 Å². The summed E-state index contributed by atoms with van der Waals surface area (Å²) in [5, 5.41) is 6.09. The van der Waals surface area contributed by atoms with Crippen LogP contribution < -0.4 is 15.4 Å². The first-order valence-electron chi connectivity index (χ1n) is 7.78. The summed E-state index contributed by atoms with van der Waals surface area (Å²) in [5.74, 6) is 0.831. The van der Waals surface area contributed by atoms with Crippen molar-refractivity contribution in [3.8, 4) is 5.75 Å². The van der Waals surface area contributed by atoms with Gasteiger partial charge in [0, 0.05) is 12.2 Å². The van der Waals surface area contributed by atoms with Gasteiger partial charge in [0.05, 0.1) is 13.7 Å². The number of ether oxygens (including phenoxy) is 1. The topological polar surface area (TPSA) is 50.4 Å². The summed E-state index contributed by atoms with van der Waals surface area (Å²) in [6, 6.07) is 14.1. The van der Waals surface area contributed by atoms with Crippen LogP contribution in [0.5, 0.6) is 5.75 Å². The minimum atomic E-state index is -0.00736. The van der Waals surface area contributed by atoms with E-state index in [2.05, 4.69) is 16.7 Å². The largest absolute Gasteiger partial charge is 0.497 e. The molecular formula is C19H24N2O2. The summed E-state index contributed by atoms with van der Waals surface area (Å²) in [6.07, 6.45) is 0.784. The molecule has 0 aliphatic rings. The van der Waals surface area contributed by atoms with Crippen molar-refractivity contribution in [3.63, 3.8) is 0 Å². The van der Waals surface area contributed by atoms with Gasteiger partial charge in [0.2, 0.25) is 5.91 Å². The van der Waals surface area contributed by atoms with Crippen LogP contribution in [-0.2, 0) is 11.2 Å². The monoisotopic (exact) mass is 312 g/mol. The second-order valence-corrected chi connectivity index (χ2v) is 5.68. The third-order valence-corrected chi connectivity index (χ3v) is 3.54. The van der Waals surface area contributed by atoms with Crippen LogP contribution in [0.1, 0.15) is 16.7 Å². The summed E-state index contributed by atoms with van der Waals surface area (Å²) in [5.41, 5.74) is 4.49. The zero-order chi connectivity index (χ0) is 16.7. The molecule has 0 unspecified atom stereocenters. The molecule has 23 heavy (non-hydrogen) atoms. The molecular weight excluding hydrogens is 288 g/mol. The Bertz CT molecular complexity index is 648. The lowest BCUT2D eigenvalue weighted by Crippen LogP contribution is -2.31. The summed E-state index contributed by atoms with van der Waals surface area (Å²) < 4.78 is 5.19. The van der Waals surface area contributed by atoms with Crippen molar-refractivity contribution in [1.29, 1.82) is 0 Å². The number of amides is 1. The summed E-state index contributed by atoms with van der Waals surface area (Å²) in [6.45, 7) is 4.99. The van der Waals surface area contributed by atoms with E-state index in [0.29, 0.717) is 6.54 Å². The maximum atomic E-state index is 11.9. The van der Waals surface area contributed by atoms with Crippen molar-refractivity contribution in [2.75, 3.05) is 25.5 Å². The van der Waals surface area contributed by atoms with Gasteiger partial charge in [-0.2, -0.15) is 0 Å². The van der Waals surface area contributed by atoms with E-state index >= 15 is 0 Å². The van der Waals surface area contributed by atoms with Crippen LogP contribution in [0.15, 0.2) is 42.5 Å². The zero-order valence-electron chi connectivity index (χ0n) is 14.0. The van der Waals surface area contributed by atoms with Gasteiger partial charge in [0.1, 0.15) is 5.75 Å². The molecule has 0 aromatic heterocycles. The van der Waals surface area contributed by atoms with Crippen LogP contribution >= 0.6 is 0 Å². The number of carbonyl (C=O) groups excluding carboxylic acids is 1. The highest BCUT2D eigenvalue weighted by Gasteiger charge is 2.02. The molecule has 122 valence electrons. The van der Waals surface area contributed by atoms with E-state index in [0.717, 1.165) is 23.4 Å². The maximum absolute atomic E-state index is 11.9. The van der Waals surface area contributed by atoms with Crippen molar-refractivity contribution < 1.29 is 9.53 Å². The molecule has 0 saturated carbocycles. The minimum Gasteiger partial charge on any atom is -0.497 e. The number of hydrogen-bond acceptors (Lipinski definition) is 3. The normalized spacial score (nSPS) is 10.2. The molecule has 2 N–H and O–H groups in total. The quantitative estimate of drug-likeness (QED) is 0.826. The maximum Gasteiger partial charge on any atom is 0.239 e. The molecule has 4 heteroatoms. The van der Waals surface area contributed by atoms with Gasteiger partial charge in [-0.3, -0.25) is 4.79 Å². The highest BCUT2D eigenvalue weighted by molar-refractivity contribution is 5.80. The molecule has 4 nitrogen and oxygen atoms in total. The number of carbonyl (C=O) groups is 1. The van der Waals surface area contributed by atoms with Crippen LogP contribution in [0.3, 0.4) is 0 Å². The van der Waals surface area contributed by atoms with Gasteiger partial charge in [0.25, 0.3) is 0 Å². The fourth-order valence-corrected chi connectivity index (χ4v) is 2.50. The van der Waals surface area contributed by atoms with Crippen molar-refractivity contribution in [2.24, 2.45) is 0 Å². The molecule has 0 fully saturated rings. The standard InChI is InChI=1S/C19H24N2O2/c1-14-9-15(2)11-17(10-14)21-13-19(22)20-8-7-16-5-4-6-18(12-16)23-3/h4-6,9-12,21H,7-8,13H2,1-3H3,(H,20,22). The van der Waals surface area contributed by atoms with E-state index in [9.17, 15) is 4.79 Å². The average molecular weight is 312 g/mol. The highest BCUT2D eigenvalue weighted by Crippen LogP contribution is 2.13. The number of rotatable bonds is 7. The second kappa shape index (κ2) is 8.22. The van der Waals surface area contributed by atoms with Gasteiger partial charge in [0.15, 0.2) is 0 Å². The predicted molar refractivity (Wildman–Crippen MR) is 94.1 cm³/mol. The van der Waals surface area contributed by atoms with Crippen molar-refractivity contribution in [3.05, 3.63) is 59.2 Å². The molecule has 0 bridgehead atoms. The van der Waals surface area contributed by atoms with E-state index < -0.39 is 0 Å². The van der Waals surface area contributed by atoms with E-state index in [1.54, 1.807) is 7.11 Å². The first kappa shape index (κ1) is 16.9. The SMILES string of the molecule is COc1cccc(CCNC(=O)CNc2cc(C)cc(C)c2)c1. The summed E-state index contributed by atoms with van der Waals surface area (Å²) >= 11 is 0. The smallest absolute Gasteiger partial charge is 0.239 e. The Morgan fingerprint density at radius 2 is 1.83 bits per heavy atom.